The maximum atomic E-state index is 11.7. The molecule has 6 heteroatoms. The second-order valence-electron chi connectivity index (χ2n) is 3.53. The van der Waals surface area contributed by atoms with Gasteiger partial charge in [0.25, 0.3) is 5.91 Å². The highest BCUT2D eigenvalue weighted by Crippen LogP contribution is 2.08. The summed E-state index contributed by atoms with van der Waals surface area (Å²) in [5.74, 6) is 0.977. The van der Waals surface area contributed by atoms with E-state index in [0.717, 1.165) is 18.6 Å². The molecule has 90 valence electrons. The van der Waals surface area contributed by atoms with Gasteiger partial charge in [0.2, 0.25) is 0 Å². The van der Waals surface area contributed by atoms with Gasteiger partial charge in [-0.25, -0.2) is 0 Å². The summed E-state index contributed by atoms with van der Waals surface area (Å²) in [5, 5.41) is 6.76. The van der Waals surface area contributed by atoms with Gasteiger partial charge in [0.05, 0.1) is 11.9 Å². The molecule has 0 radical (unpaired) electrons. The Hall–Kier alpha value is -1.17. The molecule has 0 atom stereocenters. The molecule has 0 aliphatic heterocycles. The molecule has 0 unspecified atom stereocenters. The number of nitrogens with two attached hydrogens (primary N) is 1. The number of hydrogen-bond acceptors (Lipinski definition) is 4. The molecule has 0 spiro atoms. The molecule has 0 fully saturated rings. The molecule has 0 aromatic carbocycles. The van der Waals surface area contributed by atoms with Gasteiger partial charge in [-0.1, -0.05) is 0 Å². The van der Waals surface area contributed by atoms with E-state index < -0.39 is 0 Å². The zero-order valence-corrected chi connectivity index (χ0v) is 10.5. The topological polar surface area (TPSA) is 72.9 Å². The monoisotopic (exact) mass is 242 g/mol. The number of hydrogen-bond donors (Lipinski definition) is 2. The molecular weight excluding hydrogens is 224 g/mol. The summed E-state index contributed by atoms with van der Waals surface area (Å²) >= 11 is 1.82. The third kappa shape index (κ3) is 3.44. The van der Waals surface area contributed by atoms with E-state index in [0.29, 0.717) is 17.9 Å². The van der Waals surface area contributed by atoms with Crippen molar-refractivity contribution in [2.75, 3.05) is 24.3 Å². The fraction of sp³-hybridized carbons (Fsp3) is 0.600. The van der Waals surface area contributed by atoms with Crippen molar-refractivity contribution in [1.29, 1.82) is 0 Å². The summed E-state index contributed by atoms with van der Waals surface area (Å²) in [5.41, 5.74) is 6.50. The van der Waals surface area contributed by atoms with Gasteiger partial charge in [0.15, 0.2) is 0 Å². The Balaban J connectivity index is 2.36. The third-order valence-electron chi connectivity index (χ3n) is 2.24. The molecule has 0 saturated carbocycles. The van der Waals surface area contributed by atoms with Gasteiger partial charge in [-0.15, -0.1) is 0 Å². The molecule has 1 heterocycles. The highest BCUT2D eigenvalue weighted by atomic mass is 32.2. The number of anilines is 1. The lowest BCUT2D eigenvalue weighted by atomic mass is 10.3. The number of thioether (sulfide) groups is 1. The molecule has 1 aromatic heterocycles. The molecule has 0 aliphatic rings. The summed E-state index contributed by atoms with van der Waals surface area (Å²) in [4.78, 5) is 11.7. The van der Waals surface area contributed by atoms with Crippen LogP contribution in [0.1, 0.15) is 23.3 Å². The number of aryl methyl sites for hydroxylation is 1. The summed E-state index contributed by atoms with van der Waals surface area (Å²) < 4.78 is 1.49. The molecule has 1 amide bonds. The zero-order valence-electron chi connectivity index (χ0n) is 9.69. The minimum atomic E-state index is -0.151. The number of amides is 1. The first-order valence-electron chi connectivity index (χ1n) is 5.21. The molecule has 5 nitrogen and oxygen atoms in total. The number of aromatic nitrogens is 2. The lowest BCUT2D eigenvalue weighted by molar-refractivity contribution is 0.0944. The molecule has 0 aliphatic carbocycles. The van der Waals surface area contributed by atoms with Crippen molar-refractivity contribution in [3.05, 3.63) is 11.9 Å². The lowest BCUT2D eigenvalue weighted by Crippen LogP contribution is -2.27. The molecule has 0 bridgehead atoms. The van der Waals surface area contributed by atoms with Crippen molar-refractivity contribution in [2.24, 2.45) is 7.05 Å². The van der Waals surface area contributed by atoms with E-state index in [1.54, 1.807) is 7.05 Å². The van der Waals surface area contributed by atoms with Crippen LogP contribution in [0.2, 0.25) is 0 Å². The van der Waals surface area contributed by atoms with Crippen LogP contribution in [0.25, 0.3) is 0 Å². The van der Waals surface area contributed by atoms with Gasteiger partial charge < -0.3 is 11.1 Å². The van der Waals surface area contributed by atoms with Crippen LogP contribution < -0.4 is 11.1 Å². The molecule has 1 rings (SSSR count). The number of unbranched alkanes of at least 4 members (excludes halogenated alkanes) is 1. The Bertz CT molecular complexity index is 331. The maximum Gasteiger partial charge on any atom is 0.271 e. The Morgan fingerprint density at radius 1 is 1.62 bits per heavy atom. The number of carbonyl (C=O) groups excluding carboxylic acids is 1. The maximum absolute atomic E-state index is 11.7. The van der Waals surface area contributed by atoms with Crippen LogP contribution in [0.5, 0.6) is 0 Å². The van der Waals surface area contributed by atoms with Crippen LogP contribution in [0.15, 0.2) is 6.20 Å². The Morgan fingerprint density at radius 2 is 2.38 bits per heavy atom. The first-order valence-corrected chi connectivity index (χ1v) is 6.60. The largest absolute Gasteiger partial charge is 0.396 e. The smallest absolute Gasteiger partial charge is 0.271 e. The molecule has 16 heavy (non-hydrogen) atoms. The van der Waals surface area contributed by atoms with E-state index in [1.165, 1.54) is 10.9 Å². The Kier molecular flexibility index (Phi) is 5.18. The normalized spacial score (nSPS) is 10.4. The first-order chi connectivity index (χ1) is 7.66. The van der Waals surface area contributed by atoms with Crippen molar-refractivity contribution >= 4 is 23.4 Å². The summed E-state index contributed by atoms with van der Waals surface area (Å²) in [6.07, 6.45) is 5.67. The highest BCUT2D eigenvalue weighted by Gasteiger charge is 2.13. The standard InChI is InChI=1S/C10H18N4OS/c1-14-9(8(11)7-13-14)10(15)12-5-3-4-6-16-2/h7H,3-6,11H2,1-2H3,(H,12,15). The van der Waals surface area contributed by atoms with Gasteiger partial charge in [-0.05, 0) is 24.9 Å². The SMILES string of the molecule is CSCCCCNC(=O)c1c(N)cnn1C. The van der Waals surface area contributed by atoms with Crippen molar-refractivity contribution in [3.63, 3.8) is 0 Å². The van der Waals surface area contributed by atoms with Crippen molar-refractivity contribution in [1.82, 2.24) is 15.1 Å². The van der Waals surface area contributed by atoms with Gasteiger partial charge in [-0.3, -0.25) is 9.48 Å². The van der Waals surface area contributed by atoms with Crippen LogP contribution in [-0.4, -0.2) is 34.2 Å². The highest BCUT2D eigenvalue weighted by molar-refractivity contribution is 7.98. The first kappa shape index (κ1) is 12.9. The van der Waals surface area contributed by atoms with Crippen LogP contribution in [-0.2, 0) is 7.05 Å². The van der Waals surface area contributed by atoms with E-state index >= 15 is 0 Å². The molecule has 3 N–H and O–H groups in total. The van der Waals surface area contributed by atoms with Gasteiger partial charge in [0.1, 0.15) is 5.69 Å². The van der Waals surface area contributed by atoms with E-state index in [4.69, 9.17) is 5.73 Å². The number of carbonyl (C=O) groups is 1. The number of nitrogens with one attached hydrogen (secondary N) is 1. The minimum Gasteiger partial charge on any atom is -0.396 e. The quantitative estimate of drug-likeness (QED) is 0.726. The van der Waals surface area contributed by atoms with E-state index in [-0.39, 0.29) is 5.91 Å². The van der Waals surface area contributed by atoms with Gasteiger partial charge in [-0.2, -0.15) is 16.9 Å². The van der Waals surface area contributed by atoms with Gasteiger partial charge >= 0.3 is 0 Å². The minimum absolute atomic E-state index is 0.151. The Morgan fingerprint density at radius 3 is 2.94 bits per heavy atom. The van der Waals surface area contributed by atoms with E-state index in [9.17, 15) is 4.79 Å². The van der Waals surface area contributed by atoms with Crippen molar-refractivity contribution < 1.29 is 4.79 Å². The molecular formula is C10H18N4OS. The van der Waals surface area contributed by atoms with Crippen LogP contribution >= 0.6 is 11.8 Å². The van der Waals surface area contributed by atoms with E-state index in [1.807, 2.05) is 11.8 Å². The predicted octanol–water partition coefficient (Wildman–Crippen LogP) is 0.875. The summed E-state index contributed by atoms with van der Waals surface area (Å²) in [6, 6.07) is 0. The fourth-order valence-electron chi connectivity index (χ4n) is 1.39. The third-order valence-corrected chi connectivity index (χ3v) is 2.94. The van der Waals surface area contributed by atoms with Crippen molar-refractivity contribution in [2.45, 2.75) is 12.8 Å². The van der Waals surface area contributed by atoms with Crippen LogP contribution in [0, 0.1) is 0 Å². The summed E-state index contributed by atoms with van der Waals surface area (Å²) in [6.45, 7) is 0.685. The molecule has 0 saturated heterocycles. The summed E-state index contributed by atoms with van der Waals surface area (Å²) in [7, 11) is 1.71. The van der Waals surface area contributed by atoms with Crippen LogP contribution in [0.3, 0.4) is 0 Å². The second-order valence-corrected chi connectivity index (χ2v) is 4.51. The van der Waals surface area contributed by atoms with E-state index in [2.05, 4.69) is 16.7 Å². The van der Waals surface area contributed by atoms with Crippen molar-refractivity contribution in [3.8, 4) is 0 Å². The lowest BCUT2D eigenvalue weighted by Gasteiger charge is -2.05. The van der Waals surface area contributed by atoms with Crippen LogP contribution in [0.4, 0.5) is 5.69 Å². The predicted molar refractivity (Wildman–Crippen MR) is 67.6 cm³/mol. The average Bonchev–Trinajstić information content (AvgIpc) is 2.58. The van der Waals surface area contributed by atoms with Gasteiger partial charge in [0, 0.05) is 13.6 Å². The second kappa shape index (κ2) is 6.42. The zero-order chi connectivity index (χ0) is 12.0. The Labute approximate surface area is 99.8 Å². The average molecular weight is 242 g/mol. The molecule has 1 aromatic rings. The number of nitrogen functional groups attached to an aromatic ring is 1. The number of rotatable bonds is 6. The fourth-order valence-corrected chi connectivity index (χ4v) is 1.88. The number of nitrogens with zero attached hydrogens (tertiary/aromatic N) is 2.